The third kappa shape index (κ3) is 7.07. The molecule has 0 aliphatic carbocycles. The smallest absolute Gasteiger partial charge is 0.438 e. The number of aliphatic carboxylic acids is 1. The molecule has 0 bridgehead atoms. The van der Waals surface area contributed by atoms with Crippen LogP contribution in [-0.2, 0) is 10.2 Å². The number of hydrogen-bond donors (Lipinski definition) is 2. The standard InChI is InChI=1S/C29H32F6O4/c1-5-26(6-2,23-12-13-24(20(4)18-23)39-16-8-7-9-25(36)37)22-11-10-21(19(3)17-22)14-15-27(38,28(30,31)32)29(33,34)35/h10-13,17-18,38H,5-9,16H2,1-4H3,(H,36,37). The summed E-state index contributed by atoms with van der Waals surface area (Å²) in [6.07, 6.45) is -9.54. The minimum absolute atomic E-state index is 0.0605. The van der Waals surface area contributed by atoms with Crippen LogP contribution in [0.2, 0.25) is 0 Å². The first-order valence-corrected chi connectivity index (χ1v) is 12.5. The Kier molecular flexibility index (Phi) is 10.1. The number of ether oxygens (including phenoxy) is 1. The lowest BCUT2D eigenvalue weighted by molar-refractivity contribution is -0.343. The molecule has 2 rings (SSSR count). The van der Waals surface area contributed by atoms with Gasteiger partial charge in [-0.2, -0.15) is 26.3 Å². The van der Waals surface area contributed by atoms with Gasteiger partial charge in [0.1, 0.15) is 5.75 Å². The molecule has 0 amide bonds. The van der Waals surface area contributed by atoms with Crippen LogP contribution >= 0.6 is 0 Å². The van der Waals surface area contributed by atoms with E-state index in [-0.39, 0.29) is 12.0 Å². The molecule has 2 aromatic rings. The van der Waals surface area contributed by atoms with Crippen molar-refractivity contribution in [2.75, 3.05) is 6.61 Å². The number of alkyl halides is 6. The van der Waals surface area contributed by atoms with Crippen LogP contribution in [0.4, 0.5) is 26.3 Å². The topological polar surface area (TPSA) is 66.8 Å². The number of carbonyl (C=O) groups is 1. The van der Waals surface area contributed by atoms with Gasteiger partial charge in [0, 0.05) is 17.4 Å². The average Bonchev–Trinajstić information content (AvgIpc) is 2.83. The van der Waals surface area contributed by atoms with Crippen molar-refractivity contribution in [1.29, 1.82) is 0 Å². The molecule has 214 valence electrons. The zero-order valence-electron chi connectivity index (χ0n) is 22.2. The zero-order chi connectivity index (χ0) is 29.6. The van der Waals surface area contributed by atoms with Gasteiger partial charge in [-0.1, -0.05) is 44.0 Å². The molecule has 2 N–H and O–H groups in total. The van der Waals surface area contributed by atoms with E-state index in [9.17, 15) is 36.2 Å². The number of halogens is 6. The molecule has 39 heavy (non-hydrogen) atoms. The van der Waals surface area contributed by atoms with E-state index in [1.165, 1.54) is 13.0 Å². The third-order valence-electron chi connectivity index (χ3n) is 6.95. The Hall–Kier alpha value is -3.19. The summed E-state index contributed by atoms with van der Waals surface area (Å²) in [5.74, 6) is 2.70. The second kappa shape index (κ2) is 12.3. The Balaban J connectivity index is 2.39. The highest BCUT2D eigenvalue weighted by atomic mass is 19.4. The van der Waals surface area contributed by atoms with Crippen LogP contribution in [0.15, 0.2) is 36.4 Å². The van der Waals surface area contributed by atoms with Gasteiger partial charge in [0.05, 0.1) is 6.61 Å². The largest absolute Gasteiger partial charge is 0.493 e. The lowest BCUT2D eigenvalue weighted by atomic mass is 9.70. The molecule has 10 heteroatoms. The van der Waals surface area contributed by atoms with E-state index in [4.69, 9.17) is 9.84 Å². The summed E-state index contributed by atoms with van der Waals surface area (Å²) < 4.78 is 83.8. The van der Waals surface area contributed by atoms with Crippen molar-refractivity contribution in [2.24, 2.45) is 0 Å². The van der Waals surface area contributed by atoms with Gasteiger partial charge in [-0.05, 0) is 79.8 Å². The van der Waals surface area contributed by atoms with Crippen LogP contribution in [-0.4, -0.2) is 40.7 Å². The van der Waals surface area contributed by atoms with Gasteiger partial charge >= 0.3 is 23.9 Å². The normalized spacial score (nSPS) is 12.6. The maximum Gasteiger partial charge on any atom is 0.438 e. The fraction of sp³-hybridized carbons (Fsp3) is 0.483. The summed E-state index contributed by atoms with van der Waals surface area (Å²) in [6, 6.07) is 10.4. The molecular formula is C29H32F6O4. The molecule has 0 saturated carbocycles. The summed E-state index contributed by atoms with van der Waals surface area (Å²) in [5.41, 5.74) is -2.68. The minimum Gasteiger partial charge on any atom is -0.493 e. The quantitative estimate of drug-likeness (QED) is 0.183. The predicted molar refractivity (Wildman–Crippen MR) is 135 cm³/mol. The summed E-state index contributed by atoms with van der Waals surface area (Å²) >= 11 is 0. The van der Waals surface area contributed by atoms with Crippen LogP contribution < -0.4 is 4.74 Å². The van der Waals surface area contributed by atoms with Crippen molar-refractivity contribution < 1.29 is 46.1 Å². The number of unbranched alkanes of at least 4 members (excludes halogenated alkanes) is 1. The maximum absolute atomic E-state index is 13.0. The van der Waals surface area contributed by atoms with Crippen molar-refractivity contribution >= 4 is 5.97 Å². The number of aliphatic hydroxyl groups is 1. The molecule has 0 unspecified atom stereocenters. The highest BCUT2D eigenvalue weighted by molar-refractivity contribution is 5.66. The first kappa shape index (κ1) is 32.0. The first-order chi connectivity index (χ1) is 18.0. The Morgan fingerprint density at radius 3 is 1.87 bits per heavy atom. The van der Waals surface area contributed by atoms with Crippen LogP contribution in [0, 0.1) is 25.7 Å². The van der Waals surface area contributed by atoms with Crippen LogP contribution in [0.1, 0.15) is 73.8 Å². The van der Waals surface area contributed by atoms with Gasteiger partial charge < -0.3 is 14.9 Å². The highest BCUT2D eigenvalue weighted by Gasteiger charge is 2.70. The van der Waals surface area contributed by atoms with Crippen molar-refractivity contribution in [2.45, 2.75) is 83.2 Å². The summed E-state index contributed by atoms with van der Waals surface area (Å²) in [4.78, 5) is 10.6. The second-order valence-corrected chi connectivity index (χ2v) is 9.45. The number of carboxylic acids is 1. The van der Waals surface area contributed by atoms with E-state index >= 15 is 0 Å². The first-order valence-electron chi connectivity index (χ1n) is 12.5. The number of rotatable bonds is 10. The molecule has 0 aromatic heterocycles. The second-order valence-electron chi connectivity index (χ2n) is 9.45. The van der Waals surface area contributed by atoms with Gasteiger partial charge in [-0.15, -0.1) is 0 Å². The van der Waals surface area contributed by atoms with E-state index in [0.29, 0.717) is 43.6 Å². The summed E-state index contributed by atoms with van der Waals surface area (Å²) in [7, 11) is 0. The monoisotopic (exact) mass is 558 g/mol. The van der Waals surface area contributed by atoms with E-state index in [1.54, 1.807) is 12.1 Å². The average molecular weight is 559 g/mol. The van der Waals surface area contributed by atoms with E-state index in [1.807, 2.05) is 44.9 Å². The Labute approximate surface area is 224 Å². The molecular weight excluding hydrogens is 526 g/mol. The molecule has 4 nitrogen and oxygen atoms in total. The Morgan fingerprint density at radius 1 is 0.872 bits per heavy atom. The molecule has 0 saturated heterocycles. The van der Waals surface area contributed by atoms with Crippen molar-refractivity contribution in [3.05, 3.63) is 64.2 Å². The van der Waals surface area contributed by atoms with Crippen LogP contribution in [0.3, 0.4) is 0 Å². The molecule has 0 aliphatic rings. The van der Waals surface area contributed by atoms with E-state index < -0.39 is 29.3 Å². The fourth-order valence-corrected chi connectivity index (χ4v) is 4.46. The minimum atomic E-state index is -6.02. The highest BCUT2D eigenvalue weighted by Crippen LogP contribution is 2.43. The zero-order valence-corrected chi connectivity index (χ0v) is 22.2. The van der Waals surface area contributed by atoms with E-state index in [2.05, 4.69) is 0 Å². The lowest BCUT2D eigenvalue weighted by Crippen LogP contribution is -2.55. The van der Waals surface area contributed by atoms with Gasteiger partial charge in [0.15, 0.2) is 0 Å². The number of aryl methyl sites for hydroxylation is 2. The molecule has 0 aliphatic heterocycles. The molecule has 0 fully saturated rings. The van der Waals surface area contributed by atoms with Crippen molar-refractivity contribution in [1.82, 2.24) is 0 Å². The summed E-state index contributed by atoms with van der Waals surface area (Å²) in [6.45, 7) is 7.78. The van der Waals surface area contributed by atoms with Gasteiger partial charge in [-0.3, -0.25) is 4.79 Å². The Bertz CT molecular complexity index is 1200. The molecule has 0 heterocycles. The van der Waals surface area contributed by atoms with Crippen molar-refractivity contribution in [3.63, 3.8) is 0 Å². The third-order valence-corrected chi connectivity index (χ3v) is 6.95. The fourth-order valence-electron chi connectivity index (χ4n) is 4.46. The van der Waals surface area contributed by atoms with Crippen LogP contribution in [0.25, 0.3) is 0 Å². The maximum atomic E-state index is 13.0. The number of carboxylic acid groups (broad SMARTS) is 1. The van der Waals surface area contributed by atoms with Gasteiger partial charge in [-0.25, -0.2) is 0 Å². The number of hydrogen-bond acceptors (Lipinski definition) is 3. The van der Waals surface area contributed by atoms with Gasteiger partial charge in [0.25, 0.3) is 0 Å². The SMILES string of the molecule is CCC(CC)(c1ccc(C#CC(O)(C(F)(F)F)C(F)(F)F)c(C)c1)c1ccc(OCCCCC(=O)O)c(C)c1. The molecule has 0 radical (unpaired) electrons. The van der Waals surface area contributed by atoms with E-state index in [0.717, 1.165) is 22.6 Å². The number of benzene rings is 2. The molecule has 0 spiro atoms. The Morgan fingerprint density at radius 2 is 1.41 bits per heavy atom. The van der Waals surface area contributed by atoms with Crippen molar-refractivity contribution in [3.8, 4) is 17.6 Å². The lowest BCUT2D eigenvalue weighted by Gasteiger charge is -2.34. The van der Waals surface area contributed by atoms with Crippen LogP contribution in [0.5, 0.6) is 5.75 Å². The van der Waals surface area contributed by atoms with Gasteiger partial charge in [0.2, 0.25) is 0 Å². The molecule has 2 aromatic carbocycles. The molecule has 0 atom stereocenters. The summed E-state index contributed by atoms with van der Waals surface area (Å²) in [5, 5.41) is 18.1. The predicted octanol–water partition coefficient (Wildman–Crippen LogP) is 7.25.